The van der Waals surface area contributed by atoms with E-state index in [9.17, 15) is 4.39 Å². The molecule has 0 radical (unpaired) electrons. The lowest BCUT2D eigenvalue weighted by Crippen LogP contribution is -2.08. The van der Waals surface area contributed by atoms with Gasteiger partial charge in [0.05, 0.1) is 17.2 Å². The van der Waals surface area contributed by atoms with Gasteiger partial charge in [0.2, 0.25) is 5.95 Å². The quantitative estimate of drug-likeness (QED) is 0.803. The van der Waals surface area contributed by atoms with Crippen LogP contribution in [0, 0.1) is 5.82 Å². The van der Waals surface area contributed by atoms with E-state index in [2.05, 4.69) is 36.2 Å². The van der Waals surface area contributed by atoms with Gasteiger partial charge in [0.15, 0.2) is 11.6 Å². The van der Waals surface area contributed by atoms with Crippen LogP contribution in [0.25, 0.3) is 11.4 Å². The van der Waals surface area contributed by atoms with Gasteiger partial charge in [-0.15, -0.1) is 0 Å². The molecule has 0 bridgehead atoms. The maximum atomic E-state index is 14.3. The number of rotatable bonds is 5. The Kier molecular flexibility index (Phi) is 5.30. The number of hydrogen-bond acceptors (Lipinski definition) is 5. The van der Waals surface area contributed by atoms with Crippen molar-refractivity contribution in [2.24, 2.45) is 0 Å². The Bertz CT molecular complexity index is 632. The van der Waals surface area contributed by atoms with Crippen LogP contribution in [-0.4, -0.2) is 28.1 Å². The van der Waals surface area contributed by atoms with Crippen molar-refractivity contribution < 1.29 is 9.13 Å². The van der Waals surface area contributed by atoms with E-state index >= 15 is 0 Å². The number of nitrogens with zero attached hydrogens (tertiary/aromatic N) is 3. The molecular formula is C13H13BrClFN4O. The molecule has 8 heteroatoms. The highest BCUT2D eigenvalue weighted by Crippen LogP contribution is 2.32. The van der Waals surface area contributed by atoms with Gasteiger partial charge in [-0.25, -0.2) is 4.39 Å². The van der Waals surface area contributed by atoms with Gasteiger partial charge in [0.1, 0.15) is 0 Å². The monoisotopic (exact) mass is 374 g/mol. The van der Waals surface area contributed by atoms with Gasteiger partial charge in [-0.05, 0) is 41.9 Å². The summed E-state index contributed by atoms with van der Waals surface area (Å²) in [5.41, 5.74) is 0.186. The fraction of sp³-hybridized carbons (Fsp3) is 0.308. The standard InChI is InChI=1S/C13H13BrClFN4O/c1-3-17-12-18-11(19-13(20-12)21-4-2)7-5-6-8(14)9(15)10(7)16/h5-6H,3-4H2,1-2H3,(H,17,18,19,20). The number of anilines is 1. The molecule has 0 aliphatic heterocycles. The van der Waals surface area contributed by atoms with Crippen molar-refractivity contribution in [2.45, 2.75) is 13.8 Å². The first-order valence-corrected chi connectivity index (χ1v) is 7.50. The summed E-state index contributed by atoms with van der Waals surface area (Å²) in [5.74, 6) is -0.108. The second-order valence-corrected chi connectivity index (χ2v) is 5.18. The van der Waals surface area contributed by atoms with Crippen LogP contribution in [0.15, 0.2) is 16.6 Å². The molecule has 0 aliphatic carbocycles. The molecule has 5 nitrogen and oxygen atoms in total. The van der Waals surface area contributed by atoms with E-state index in [1.54, 1.807) is 12.1 Å². The second kappa shape index (κ2) is 7.00. The Morgan fingerprint density at radius 2 is 2.05 bits per heavy atom. The number of nitrogens with one attached hydrogen (secondary N) is 1. The van der Waals surface area contributed by atoms with Gasteiger partial charge in [-0.1, -0.05) is 11.6 Å². The predicted molar refractivity (Wildman–Crippen MR) is 83.3 cm³/mol. The van der Waals surface area contributed by atoms with Crippen LogP contribution >= 0.6 is 27.5 Å². The molecule has 1 aromatic heterocycles. The highest BCUT2D eigenvalue weighted by atomic mass is 79.9. The first-order valence-electron chi connectivity index (χ1n) is 6.33. The summed E-state index contributed by atoms with van der Waals surface area (Å²) in [6.07, 6.45) is 0. The average molecular weight is 376 g/mol. The number of hydrogen-bond donors (Lipinski definition) is 1. The van der Waals surface area contributed by atoms with E-state index < -0.39 is 5.82 Å². The summed E-state index contributed by atoms with van der Waals surface area (Å²) in [6.45, 7) is 4.74. The molecule has 0 aliphatic rings. The number of halogens is 3. The highest BCUT2D eigenvalue weighted by molar-refractivity contribution is 9.10. The Hall–Kier alpha value is -1.47. The first kappa shape index (κ1) is 15.9. The maximum Gasteiger partial charge on any atom is 0.321 e. The molecule has 21 heavy (non-hydrogen) atoms. The van der Waals surface area contributed by atoms with Crippen LogP contribution < -0.4 is 10.1 Å². The van der Waals surface area contributed by atoms with Crippen LogP contribution in [0.1, 0.15) is 13.8 Å². The van der Waals surface area contributed by atoms with Gasteiger partial charge in [0.25, 0.3) is 0 Å². The zero-order valence-electron chi connectivity index (χ0n) is 11.5. The number of benzene rings is 1. The van der Waals surface area contributed by atoms with Crippen molar-refractivity contribution in [2.75, 3.05) is 18.5 Å². The first-order chi connectivity index (χ1) is 10.1. The molecule has 0 saturated heterocycles. The number of ether oxygens (including phenoxy) is 1. The zero-order valence-corrected chi connectivity index (χ0v) is 13.8. The smallest absolute Gasteiger partial charge is 0.321 e. The van der Waals surface area contributed by atoms with Crippen molar-refractivity contribution >= 4 is 33.5 Å². The van der Waals surface area contributed by atoms with E-state index in [0.717, 1.165) is 0 Å². The van der Waals surface area contributed by atoms with Gasteiger partial charge in [0, 0.05) is 11.0 Å². The minimum absolute atomic E-state index is 0.0177. The van der Waals surface area contributed by atoms with Crippen molar-refractivity contribution in [3.8, 4) is 17.4 Å². The molecule has 0 fully saturated rings. The van der Waals surface area contributed by atoms with Crippen LogP contribution in [0.4, 0.5) is 10.3 Å². The Labute approximate surface area is 135 Å². The summed E-state index contributed by atoms with van der Waals surface area (Å²) >= 11 is 9.06. The minimum atomic E-state index is -0.595. The molecule has 1 heterocycles. The molecule has 2 aromatic rings. The van der Waals surface area contributed by atoms with E-state index in [4.69, 9.17) is 16.3 Å². The molecule has 112 valence electrons. The van der Waals surface area contributed by atoms with Crippen LogP contribution in [0.3, 0.4) is 0 Å². The maximum absolute atomic E-state index is 14.3. The van der Waals surface area contributed by atoms with Gasteiger partial charge < -0.3 is 10.1 Å². The lowest BCUT2D eigenvalue weighted by Gasteiger charge is -2.09. The molecule has 2 rings (SSSR count). The lowest BCUT2D eigenvalue weighted by molar-refractivity contribution is 0.312. The van der Waals surface area contributed by atoms with Crippen molar-refractivity contribution in [1.82, 2.24) is 15.0 Å². The Morgan fingerprint density at radius 1 is 1.29 bits per heavy atom. The molecule has 0 amide bonds. The summed E-state index contributed by atoms with van der Waals surface area (Å²) in [7, 11) is 0. The lowest BCUT2D eigenvalue weighted by atomic mass is 10.2. The fourth-order valence-electron chi connectivity index (χ4n) is 1.61. The Balaban J connectivity index is 2.54. The van der Waals surface area contributed by atoms with Crippen LogP contribution in [0.2, 0.25) is 5.02 Å². The van der Waals surface area contributed by atoms with Gasteiger partial charge in [-0.3, -0.25) is 0 Å². The topological polar surface area (TPSA) is 59.9 Å². The minimum Gasteiger partial charge on any atom is -0.464 e. The molecule has 0 spiro atoms. The molecule has 0 saturated carbocycles. The third kappa shape index (κ3) is 3.59. The summed E-state index contributed by atoms with van der Waals surface area (Å²) in [6, 6.07) is 3.32. The zero-order chi connectivity index (χ0) is 15.4. The molecule has 0 unspecified atom stereocenters. The highest BCUT2D eigenvalue weighted by Gasteiger charge is 2.16. The fourth-order valence-corrected chi connectivity index (χ4v) is 2.08. The van der Waals surface area contributed by atoms with Gasteiger partial charge >= 0.3 is 6.01 Å². The van der Waals surface area contributed by atoms with E-state index in [1.807, 2.05) is 13.8 Å². The Morgan fingerprint density at radius 3 is 2.71 bits per heavy atom. The number of aromatic nitrogens is 3. The molecule has 1 aromatic carbocycles. The van der Waals surface area contributed by atoms with E-state index in [-0.39, 0.29) is 22.4 Å². The summed E-state index contributed by atoms with van der Waals surface area (Å²) in [4.78, 5) is 12.4. The largest absolute Gasteiger partial charge is 0.464 e. The average Bonchev–Trinajstić information content (AvgIpc) is 2.45. The summed E-state index contributed by atoms with van der Waals surface area (Å²) < 4.78 is 20.0. The predicted octanol–water partition coefficient (Wildman–Crippen LogP) is 3.92. The van der Waals surface area contributed by atoms with Crippen molar-refractivity contribution in [1.29, 1.82) is 0 Å². The van der Waals surface area contributed by atoms with Gasteiger partial charge in [-0.2, -0.15) is 15.0 Å². The van der Waals surface area contributed by atoms with E-state index in [0.29, 0.717) is 23.6 Å². The normalized spacial score (nSPS) is 10.5. The van der Waals surface area contributed by atoms with Crippen LogP contribution in [-0.2, 0) is 0 Å². The van der Waals surface area contributed by atoms with Crippen LogP contribution in [0.5, 0.6) is 6.01 Å². The summed E-state index contributed by atoms with van der Waals surface area (Å²) in [5, 5.41) is 2.94. The van der Waals surface area contributed by atoms with Crippen molar-refractivity contribution in [3.05, 3.63) is 27.4 Å². The van der Waals surface area contributed by atoms with Crippen molar-refractivity contribution in [3.63, 3.8) is 0 Å². The third-order valence-corrected chi connectivity index (χ3v) is 3.76. The molecule has 1 N–H and O–H groups in total. The third-order valence-electron chi connectivity index (χ3n) is 2.50. The SMILES string of the molecule is CCNc1nc(OCC)nc(-c2ccc(Br)c(Cl)c2F)n1. The molecule has 0 atom stereocenters. The second-order valence-electron chi connectivity index (χ2n) is 3.95. The molecular weight excluding hydrogens is 363 g/mol. The van der Waals surface area contributed by atoms with E-state index in [1.165, 1.54) is 0 Å².